The minimum absolute atomic E-state index is 0.0433. The van der Waals surface area contributed by atoms with Crippen molar-refractivity contribution in [2.45, 2.75) is 13.3 Å². The van der Waals surface area contributed by atoms with Gasteiger partial charge in [-0.25, -0.2) is 4.57 Å². The van der Waals surface area contributed by atoms with Crippen LogP contribution in [0.3, 0.4) is 0 Å². The first-order chi connectivity index (χ1) is 8.05. The van der Waals surface area contributed by atoms with Crippen molar-refractivity contribution in [1.82, 2.24) is 0 Å². The van der Waals surface area contributed by atoms with Crippen LogP contribution in [0.1, 0.15) is 23.7 Å². The molecular formula is C11H15O5P. The smallest absolute Gasteiger partial charge is 0.302 e. The van der Waals surface area contributed by atoms with Gasteiger partial charge in [-0.15, -0.1) is 0 Å². The third kappa shape index (κ3) is 5.24. The SMILES string of the molecule is CCOP(=O)(O)OCCC(=O)c1ccccc1. The summed E-state index contributed by atoms with van der Waals surface area (Å²) in [5.41, 5.74) is 0.556. The Balaban J connectivity index is 2.37. The molecule has 0 saturated heterocycles. The molecule has 0 aliphatic rings. The van der Waals surface area contributed by atoms with Crippen molar-refractivity contribution in [3.05, 3.63) is 35.9 Å². The molecule has 0 aromatic heterocycles. The molecule has 0 fully saturated rings. The molecule has 0 aliphatic heterocycles. The maximum Gasteiger partial charge on any atom is 0.472 e. The first-order valence-corrected chi connectivity index (χ1v) is 6.75. The second-order valence-electron chi connectivity index (χ2n) is 3.26. The predicted octanol–water partition coefficient (Wildman–Crippen LogP) is 2.41. The molecule has 1 aromatic carbocycles. The normalized spacial score (nSPS) is 14.2. The first kappa shape index (κ1) is 14.1. The topological polar surface area (TPSA) is 72.8 Å². The Labute approximate surface area is 100.0 Å². The highest BCUT2D eigenvalue weighted by molar-refractivity contribution is 7.47. The molecule has 0 bridgehead atoms. The summed E-state index contributed by atoms with van der Waals surface area (Å²) in [5, 5.41) is 0. The van der Waals surface area contributed by atoms with E-state index in [1.807, 2.05) is 6.07 Å². The zero-order chi connectivity index (χ0) is 12.7. The van der Waals surface area contributed by atoms with Crippen LogP contribution < -0.4 is 0 Å². The Bertz CT molecular complexity index is 404. The molecule has 17 heavy (non-hydrogen) atoms. The molecule has 6 heteroatoms. The lowest BCUT2D eigenvalue weighted by atomic mass is 10.1. The van der Waals surface area contributed by atoms with E-state index in [0.717, 1.165) is 0 Å². The molecule has 1 atom stereocenters. The maximum atomic E-state index is 11.6. The number of Topliss-reactive ketones (excluding diaryl/α,β-unsaturated/α-hetero) is 1. The molecule has 0 amide bonds. The summed E-state index contributed by atoms with van der Waals surface area (Å²) in [5.74, 6) is -0.137. The summed E-state index contributed by atoms with van der Waals surface area (Å²) in [7, 11) is -3.99. The maximum absolute atomic E-state index is 11.6. The van der Waals surface area contributed by atoms with Crippen molar-refractivity contribution in [3.8, 4) is 0 Å². The fourth-order valence-electron chi connectivity index (χ4n) is 1.22. The van der Waals surface area contributed by atoms with Gasteiger partial charge in [0.15, 0.2) is 5.78 Å². The lowest BCUT2D eigenvalue weighted by molar-refractivity contribution is 0.0942. The number of phosphoric ester groups is 1. The molecule has 94 valence electrons. The van der Waals surface area contributed by atoms with Gasteiger partial charge in [0.2, 0.25) is 0 Å². The second-order valence-corrected chi connectivity index (χ2v) is 4.71. The number of carbonyl (C=O) groups is 1. The van der Waals surface area contributed by atoms with Crippen LogP contribution in [0.5, 0.6) is 0 Å². The molecule has 0 aliphatic carbocycles. The summed E-state index contributed by atoms with van der Waals surface area (Å²) in [4.78, 5) is 20.7. The van der Waals surface area contributed by atoms with Gasteiger partial charge in [-0.1, -0.05) is 30.3 Å². The summed E-state index contributed by atoms with van der Waals surface area (Å²) in [6, 6.07) is 8.69. The lowest BCUT2D eigenvalue weighted by Crippen LogP contribution is -2.04. The van der Waals surface area contributed by atoms with Crippen molar-refractivity contribution >= 4 is 13.6 Å². The number of carbonyl (C=O) groups excluding carboxylic acids is 1. The number of phosphoric acid groups is 1. The molecule has 1 unspecified atom stereocenters. The average molecular weight is 258 g/mol. The summed E-state index contributed by atoms with van der Waals surface area (Å²) in [6.45, 7) is 1.53. The van der Waals surface area contributed by atoms with Crippen molar-refractivity contribution in [1.29, 1.82) is 0 Å². The van der Waals surface area contributed by atoms with Gasteiger partial charge in [-0.3, -0.25) is 13.8 Å². The van der Waals surface area contributed by atoms with Crippen molar-refractivity contribution in [3.63, 3.8) is 0 Å². The van der Waals surface area contributed by atoms with Gasteiger partial charge in [0, 0.05) is 12.0 Å². The highest BCUT2D eigenvalue weighted by Crippen LogP contribution is 2.42. The minimum Gasteiger partial charge on any atom is -0.302 e. The lowest BCUT2D eigenvalue weighted by Gasteiger charge is -2.10. The van der Waals surface area contributed by atoms with E-state index in [-0.39, 0.29) is 25.4 Å². The third-order valence-corrected chi connectivity index (χ3v) is 3.06. The first-order valence-electron chi connectivity index (χ1n) is 5.25. The van der Waals surface area contributed by atoms with Gasteiger partial charge in [0.05, 0.1) is 13.2 Å². The molecule has 0 radical (unpaired) electrons. The van der Waals surface area contributed by atoms with Crippen molar-refractivity contribution in [2.24, 2.45) is 0 Å². The van der Waals surface area contributed by atoms with Crippen LogP contribution in [-0.4, -0.2) is 23.9 Å². The Hall–Kier alpha value is -1.00. The number of hydrogen-bond acceptors (Lipinski definition) is 4. The zero-order valence-electron chi connectivity index (χ0n) is 9.54. The Kier molecular flexibility index (Phi) is 5.51. The largest absolute Gasteiger partial charge is 0.472 e. The number of hydrogen-bond donors (Lipinski definition) is 1. The number of ketones is 1. The van der Waals surface area contributed by atoms with Crippen molar-refractivity contribution < 1.29 is 23.3 Å². The summed E-state index contributed by atoms with van der Waals surface area (Å²) < 4.78 is 20.3. The van der Waals surface area contributed by atoms with Crippen LogP contribution in [-0.2, 0) is 13.6 Å². The molecule has 1 rings (SSSR count). The quantitative estimate of drug-likeness (QED) is 0.600. The van der Waals surface area contributed by atoms with Gasteiger partial charge in [-0.2, -0.15) is 0 Å². The molecular weight excluding hydrogens is 243 g/mol. The van der Waals surface area contributed by atoms with Crippen LogP contribution in [0.15, 0.2) is 30.3 Å². The Morgan fingerprint density at radius 2 is 1.94 bits per heavy atom. The second kappa shape index (κ2) is 6.67. The highest BCUT2D eigenvalue weighted by Gasteiger charge is 2.20. The predicted molar refractivity (Wildman–Crippen MR) is 62.8 cm³/mol. The molecule has 1 N–H and O–H groups in total. The Morgan fingerprint density at radius 1 is 1.29 bits per heavy atom. The third-order valence-electron chi connectivity index (χ3n) is 1.97. The van der Waals surface area contributed by atoms with Gasteiger partial charge >= 0.3 is 7.82 Å². The van der Waals surface area contributed by atoms with Crippen LogP contribution in [0.2, 0.25) is 0 Å². The molecule has 0 heterocycles. The van der Waals surface area contributed by atoms with E-state index in [0.29, 0.717) is 5.56 Å². The molecule has 5 nitrogen and oxygen atoms in total. The fraction of sp³-hybridized carbons (Fsp3) is 0.364. The van der Waals surface area contributed by atoms with Gasteiger partial charge in [0.25, 0.3) is 0 Å². The van der Waals surface area contributed by atoms with E-state index in [1.54, 1.807) is 31.2 Å². The van der Waals surface area contributed by atoms with Crippen LogP contribution >= 0.6 is 7.82 Å². The monoisotopic (exact) mass is 258 g/mol. The average Bonchev–Trinajstić information content (AvgIpc) is 2.29. The van der Waals surface area contributed by atoms with E-state index < -0.39 is 7.82 Å². The fourth-order valence-corrected chi connectivity index (χ4v) is 1.95. The van der Waals surface area contributed by atoms with E-state index >= 15 is 0 Å². The van der Waals surface area contributed by atoms with E-state index in [1.165, 1.54) is 0 Å². The van der Waals surface area contributed by atoms with Gasteiger partial charge in [-0.05, 0) is 6.92 Å². The van der Waals surface area contributed by atoms with Crippen LogP contribution in [0.25, 0.3) is 0 Å². The number of benzene rings is 1. The Morgan fingerprint density at radius 3 is 2.53 bits per heavy atom. The molecule has 0 saturated carbocycles. The van der Waals surface area contributed by atoms with E-state index in [9.17, 15) is 9.36 Å². The standard InChI is InChI=1S/C11H15O5P/c1-2-15-17(13,14)16-9-8-11(12)10-6-4-3-5-7-10/h3-7H,2,8-9H2,1H3,(H,13,14). The number of rotatable bonds is 7. The summed E-state index contributed by atoms with van der Waals surface area (Å²) >= 11 is 0. The highest BCUT2D eigenvalue weighted by atomic mass is 31.2. The van der Waals surface area contributed by atoms with Crippen LogP contribution in [0.4, 0.5) is 0 Å². The molecule has 1 aromatic rings. The minimum atomic E-state index is -3.99. The van der Waals surface area contributed by atoms with E-state index in [2.05, 4.69) is 9.05 Å². The van der Waals surface area contributed by atoms with Gasteiger partial charge < -0.3 is 4.89 Å². The summed E-state index contributed by atoms with van der Waals surface area (Å²) in [6.07, 6.45) is 0.0433. The van der Waals surface area contributed by atoms with E-state index in [4.69, 9.17) is 4.89 Å². The van der Waals surface area contributed by atoms with Crippen LogP contribution in [0, 0.1) is 0 Å². The zero-order valence-corrected chi connectivity index (χ0v) is 10.4. The van der Waals surface area contributed by atoms with Crippen molar-refractivity contribution in [2.75, 3.05) is 13.2 Å². The molecule has 0 spiro atoms. The van der Waals surface area contributed by atoms with Gasteiger partial charge in [0.1, 0.15) is 0 Å².